The van der Waals surface area contributed by atoms with Crippen molar-refractivity contribution >= 4 is 41.0 Å². The molecule has 43 heavy (non-hydrogen) atoms. The number of nitrogens with one attached hydrogen (secondary N) is 1. The fourth-order valence-electron chi connectivity index (χ4n) is 4.63. The Kier molecular flexibility index (Phi) is 7.26. The van der Waals surface area contributed by atoms with Crippen molar-refractivity contribution < 1.29 is 33.4 Å². The Morgan fingerprint density at radius 3 is 2.26 bits per heavy atom. The Morgan fingerprint density at radius 2 is 1.60 bits per heavy atom. The number of aromatic nitrogens is 1. The van der Waals surface area contributed by atoms with E-state index in [4.69, 9.17) is 4.74 Å². The Labute approximate surface area is 241 Å². The lowest BCUT2D eigenvalue weighted by Gasteiger charge is -2.26. The highest BCUT2D eigenvalue weighted by Gasteiger charge is 2.38. The van der Waals surface area contributed by atoms with E-state index in [0.29, 0.717) is 21.8 Å². The number of hydrogen-bond donors (Lipinski definition) is 1. The summed E-state index contributed by atoms with van der Waals surface area (Å²) in [5.41, 5.74) is 0.803. The highest BCUT2D eigenvalue weighted by atomic mass is 19.1. The average Bonchev–Trinajstić information content (AvgIpc) is 3.24. The van der Waals surface area contributed by atoms with Crippen LogP contribution in [0.5, 0.6) is 11.5 Å². The van der Waals surface area contributed by atoms with Gasteiger partial charge in [-0.25, -0.2) is 14.1 Å². The molecule has 216 valence electrons. The number of rotatable bonds is 7. The number of urea groups is 1. The van der Waals surface area contributed by atoms with E-state index in [1.807, 2.05) is 4.57 Å². The first-order valence-electron chi connectivity index (χ1n) is 12.5. The van der Waals surface area contributed by atoms with E-state index in [0.717, 1.165) is 30.0 Å². The lowest BCUT2D eigenvalue weighted by Crippen LogP contribution is -2.54. The molecule has 3 aromatic carbocycles. The summed E-state index contributed by atoms with van der Waals surface area (Å²) in [6.07, 6.45) is 1.32. The van der Waals surface area contributed by atoms with Gasteiger partial charge in [-0.3, -0.25) is 35.1 Å². The number of benzene rings is 3. The predicted octanol–water partition coefficient (Wildman–Crippen LogP) is 5.51. The molecule has 13 nitrogen and oxygen atoms in total. The minimum atomic E-state index is -1.07. The van der Waals surface area contributed by atoms with Crippen LogP contribution in [0.25, 0.3) is 11.8 Å². The number of barbiturate groups is 1. The van der Waals surface area contributed by atoms with Crippen molar-refractivity contribution in [3.63, 3.8) is 0 Å². The number of amides is 4. The molecule has 1 saturated heterocycles. The van der Waals surface area contributed by atoms with E-state index in [9.17, 15) is 39.0 Å². The van der Waals surface area contributed by atoms with Gasteiger partial charge in [-0.2, -0.15) is 0 Å². The molecular weight excluding hydrogens is 565 g/mol. The minimum absolute atomic E-state index is 0.177. The number of nitrogens with zero attached hydrogens (tertiary/aromatic N) is 4. The third-order valence-electron chi connectivity index (χ3n) is 6.64. The third-order valence-corrected chi connectivity index (χ3v) is 6.64. The molecular formula is C29H20FN5O8. The summed E-state index contributed by atoms with van der Waals surface area (Å²) < 4.78 is 21.8. The molecule has 5 rings (SSSR count). The number of hydrogen-bond acceptors (Lipinski definition) is 8. The van der Waals surface area contributed by atoms with Crippen molar-refractivity contribution in [2.24, 2.45) is 0 Å². The molecule has 0 saturated carbocycles. The van der Waals surface area contributed by atoms with Gasteiger partial charge in [-0.1, -0.05) is 12.1 Å². The van der Waals surface area contributed by atoms with Crippen molar-refractivity contribution in [2.45, 2.75) is 13.8 Å². The second-order valence-electron chi connectivity index (χ2n) is 9.33. The van der Waals surface area contributed by atoms with Crippen LogP contribution >= 0.6 is 0 Å². The number of ether oxygens (including phenoxy) is 1. The van der Waals surface area contributed by atoms with Crippen LogP contribution in [0.4, 0.5) is 26.2 Å². The summed E-state index contributed by atoms with van der Waals surface area (Å²) >= 11 is 0. The second-order valence-corrected chi connectivity index (χ2v) is 9.33. The summed E-state index contributed by atoms with van der Waals surface area (Å²) in [5.74, 6) is -2.66. The molecule has 4 amide bonds. The molecule has 1 aliphatic heterocycles. The molecule has 0 atom stereocenters. The molecule has 0 unspecified atom stereocenters. The van der Waals surface area contributed by atoms with Gasteiger partial charge in [0.1, 0.15) is 17.1 Å². The van der Waals surface area contributed by atoms with Gasteiger partial charge in [0.05, 0.1) is 21.6 Å². The summed E-state index contributed by atoms with van der Waals surface area (Å²) in [4.78, 5) is 59.7. The first-order valence-corrected chi connectivity index (χ1v) is 12.5. The molecule has 2 heterocycles. The zero-order chi connectivity index (χ0) is 31.0. The van der Waals surface area contributed by atoms with Crippen LogP contribution in [0.15, 0.2) is 78.4 Å². The van der Waals surface area contributed by atoms with Crippen LogP contribution in [0.2, 0.25) is 0 Å². The quantitative estimate of drug-likeness (QED) is 0.128. The van der Waals surface area contributed by atoms with Gasteiger partial charge in [0.15, 0.2) is 0 Å². The Balaban J connectivity index is 1.44. The smallest absolute Gasteiger partial charge is 0.336 e. The van der Waals surface area contributed by atoms with E-state index < -0.39 is 44.9 Å². The fourth-order valence-corrected chi connectivity index (χ4v) is 4.63. The lowest BCUT2D eigenvalue weighted by atomic mass is 10.1. The Bertz CT molecular complexity index is 1880. The summed E-state index contributed by atoms with van der Waals surface area (Å²) in [6, 6.07) is 15.3. The summed E-state index contributed by atoms with van der Waals surface area (Å²) in [7, 11) is 0. The van der Waals surface area contributed by atoms with Crippen molar-refractivity contribution in [1.29, 1.82) is 0 Å². The molecule has 1 aromatic heterocycles. The van der Waals surface area contributed by atoms with Crippen molar-refractivity contribution in [3.05, 3.63) is 121 Å². The van der Waals surface area contributed by atoms with E-state index in [-0.39, 0.29) is 22.8 Å². The predicted molar refractivity (Wildman–Crippen MR) is 150 cm³/mol. The van der Waals surface area contributed by atoms with Gasteiger partial charge in [-0.15, -0.1) is 0 Å². The van der Waals surface area contributed by atoms with Crippen LogP contribution < -0.4 is 15.0 Å². The van der Waals surface area contributed by atoms with Crippen molar-refractivity contribution in [3.8, 4) is 17.2 Å². The number of carbonyl (C=O) groups excluding carboxylic acids is 3. The van der Waals surface area contributed by atoms with E-state index in [1.54, 1.807) is 44.2 Å². The Hall–Kier alpha value is -6.18. The minimum Gasteiger partial charge on any atom is -0.450 e. The van der Waals surface area contributed by atoms with Crippen LogP contribution in [-0.4, -0.2) is 32.3 Å². The van der Waals surface area contributed by atoms with Gasteiger partial charge in [0, 0.05) is 23.1 Å². The van der Waals surface area contributed by atoms with Gasteiger partial charge in [0.2, 0.25) is 5.75 Å². The molecule has 14 heteroatoms. The van der Waals surface area contributed by atoms with Crippen LogP contribution in [0.3, 0.4) is 0 Å². The Morgan fingerprint density at radius 1 is 0.907 bits per heavy atom. The number of nitro benzene ring substituents is 2. The number of imide groups is 2. The lowest BCUT2D eigenvalue weighted by molar-refractivity contribution is -0.394. The normalized spacial score (nSPS) is 14.2. The molecule has 1 aliphatic rings. The van der Waals surface area contributed by atoms with E-state index >= 15 is 0 Å². The number of nitro groups is 2. The molecule has 4 aromatic rings. The van der Waals surface area contributed by atoms with Gasteiger partial charge < -0.3 is 9.30 Å². The molecule has 0 bridgehead atoms. The van der Waals surface area contributed by atoms with E-state index in [1.165, 1.54) is 24.3 Å². The number of anilines is 1. The number of halogens is 1. The van der Waals surface area contributed by atoms with Crippen molar-refractivity contribution in [2.75, 3.05) is 4.90 Å². The zero-order valence-electron chi connectivity index (χ0n) is 22.4. The molecule has 0 aliphatic carbocycles. The number of para-hydroxylation sites is 1. The molecule has 0 radical (unpaired) electrons. The molecule has 1 fully saturated rings. The number of carbonyl (C=O) groups is 3. The number of non-ortho nitro benzene ring substituents is 1. The molecule has 1 N–H and O–H groups in total. The van der Waals surface area contributed by atoms with E-state index in [2.05, 4.69) is 5.32 Å². The van der Waals surface area contributed by atoms with Gasteiger partial charge in [-0.05, 0) is 74.0 Å². The largest absolute Gasteiger partial charge is 0.450 e. The maximum absolute atomic E-state index is 14.4. The van der Waals surface area contributed by atoms with Gasteiger partial charge >= 0.3 is 11.7 Å². The van der Waals surface area contributed by atoms with Crippen LogP contribution in [0, 0.1) is 39.9 Å². The maximum atomic E-state index is 14.4. The SMILES string of the molecule is Cc1cc(/C=C2\C(=O)NC(=O)N(c3ccccc3F)C2=O)c(C)n1-c1ccc(Oc2ccc([N+](=O)[O-])cc2[N+](=O)[O-])cc1. The molecule has 0 spiro atoms. The first kappa shape index (κ1) is 28.4. The third kappa shape index (κ3) is 5.31. The summed E-state index contributed by atoms with van der Waals surface area (Å²) in [6.45, 7) is 3.53. The summed E-state index contributed by atoms with van der Waals surface area (Å²) in [5, 5.41) is 24.5. The number of aryl methyl sites for hydroxylation is 1. The standard InChI is InChI=1S/C29H20FN5O8/c1-16-13-18(14-22-27(36)31-29(38)33(28(22)37)24-6-4-3-5-23(24)30)17(2)32(16)19-7-10-21(11-8-19)43-26-12-9-20(34(39)40)15-25(26)35(41)42/h3-15H,1-2H3,(H,31,36,38)/b22-14+. The fraction of sp³-hybridized carbons (Fsp3) is 0.0690. The second kappa shape index (κ2) is 11.0. The topological polar surface area (TPSA) is 167 Å². The average molecular weight is 586 g/mol. The first-order chi connectivity index (χ1) is 20.5. The van der Waals surface area contributed by atoms with Crippen LogP contribution in [-0.2, 0) is 9.59 Å². The van der Waals surface area contributed by atoms with Crippen LogP contribution in [0.1, 0.15) is 17.0 Å². The highest BCUT2D eigenvalue weighted by Crippen LogP contribution is 2.35. The monoisotopic (exact) mass is 585 g/mol. The zero-order valence-corrected chi connectivity index (χ0v) is 22.4. The van der Waals surface area contributed by atoms with Crippen molar-refractivity contribution in [1.82, 2.24) is 9.88 Å². The highest BCUT2D eigenvalue weighted by molar-refractivity contribution is 6.39. The maximum Gasteiger partial charge on any atom is 0.336 e. The van der Waals surface area contributed by atoms with Gasteiger partial charge in [0.25, 0.3) is 17.5 Å².